The topological polar surface area (TPSA) is 102 Å². The van der Waals surface area contributed by atoms with Gasteiger partial charge in [-0.25, -0.2) is 14.8 Å². The normalized spacial score (nSPS) is 18.3. The first kappa shape index (κ1) is 22.0. The molecular weight excluding hydrogens is 436 g/mol. The molecule has 0 saturated carbocycles. The van der Waals surface area contributed by atoms with Gasteiger partial charge in [-0.1, -0.05) is 36.4 Å². The van der Waals surface area contributed by atoms with Gasteiger partial charge in [0.15, 0.2) is 0 Å². The molecule has 10 heteroatoms. The number of halogens is 1. The van der Waals surface area contributed by atoms with Gasteiger partial charge in [0.1, 0.15) is 10.8 Å². The first-order valence-electron chi connectivity index (χ1n) is 10.4. The third kappa shape index (κ3) is 5.53. The minimum absolute atomic E-state index is 0.0243. The second kappa shape index (κ2) is 9.50. The fourth-order valence-electron chi connectivity index (χ4n) is 3.69. The summed E-state index contributed by atoms with van der Waals surface area (Å²) in [6.07, 6.45) is 4.42. The molecule has 31 heavy (non-hydrogen) atoms. The van der Waals surface area contributed by atoms with Crippen molar-refractivity contribution in [2.24, 2.45) is 5.41 Å². The number of piperidine rings is 1. The van der Waals surface area contributed by atoms with E-state index in [0.717, 1.165) is 60.4 Å². The number of hydrogen-bond donors (Lipinski definition) is 4. The lowest BCUT2D eigenvalue weighted by Gasteiger charge is -2.39. The Morgan fingerprint density at radius 3 is 2.71 bits per heavy atom. The quantitative estimate of drug-likeness (QED) is 0.495. The van der Waals surface area contributed by atoms with E-state index >= 15 is 0 Å². The van der Waals surface area contributed by atoms with Crippen LogP contribution in [0.25, 0.3) is 0 Å². The largest absolute Gasteiger partial charge is 0.465 e. The Morgan fingerprint density at radius 1 is 1.32 bits per heavy atom. The molecule has 0 aliphatic carbocycles. The average Bonchev–Trinajstić information content (AvgIpc) is 2.73. The van der Waals surface area contributed by atoms with Crippen molar-refractivity contribution >= 4 is 41.0 Å². The van der Waals surface area contributed by atoms with E-state index in [-0.39, 0.29) is 5.41 Å². The predicted octanol–water partition coefficient (Wildman–Crippen LogP) is 3.54. The summed E-state index contributed by atoms with van der Waals surface area (Å²) in [5.74, 6) is 0.844. The van der Waals surface area contributed by atoms with Crippen LogP contribution in [-0.4, -0.2) is 59.9 Å². The highest BCUT2D eigenvalue weighted by molar-refractivity contribution is 7.99. The number of carboxylic acid groups (broad SMARTS) is 1. The Hall–Kier alpha value is -2.23. The standard InChI is InChI=1S/C21H27ClN6O2S/c1-21(13-26-20(29)30)5-7-28(8-6-21)17-11-25-18(12-24-17)31-16-4-2-3-15(19(16)22)27-14-9-23-10-14/h2-4,11-12,14,23,26-27H,5-10,13H2,1H3,(H,29,30). The van der Waals surface area contributed by atoms with Crippen LogP contribution >= 0.6 is 23.4 Å². The Balaban J connectivity index is 1.35. The summed E-state index contributed by atoms with van der Waals surface area (Å²) in [5, 5.41) is 19.6. The zero-order chi connectivity index (χ0) is 21.8. The second-order valence-corrected chi connectivity index (χ2v) is 9.83. The number of aromatic nitrogens is 2. The van der Waals surface area contributed by atoms with Crippen molar-refractivity contribution in [3.05, 3.63) is 35.6 Å². The van der Waals surface area contributed by atoms with Crippen molar-refractivity contribution in [2.75, 3.05) is 42.9 Å². The van der Waals surface area contributed by atoms with E-state index in [2.05, 4.69) is 37.7 Å². The molecule has 0 bridgehead atoms. The summed E-state index contributed by atoms with van der Waals surface area (Å²) < 4.78 is 0. The number of nitrogens with zero attached hydrogens (tertiary/aromatic N) is 3. The van der Waals surface area contributed by atoms with Crippen LogP contribution in [0.2, 0.25) is 5.02 Å². The molecule has 2 aliphatic rings. The SMILES string of the molecule is CC1(CNC(=O)O)CCN(c2cnc(Sc3cccc(NC4CNC4)c3Cl)cn2)CC1. The van der Waals surface area contributed by atoms with Gasteiger partial charge in [-0.3, -0.25) is 0 Å². The van der Waals surface area contributed by atoms with Crippen LogP contribution < -0.4 is 20.9 Å². The Labute approximate surface area is 191 Å². The molecule has 0 unspecified atom stereocenters. The molecule has 166 valence electrons. The van der Waals surface area contributed by atoms with Crippen LogP contribution in [0.4, 0.5) is 16.3 Å². The third-order valence-electron chi connectivity index (χ3n) is 5.89. The zero-order valence-electron chi connectivity index (χ0n) is 17.4. The number of rotatable bonds is 7. The molecule has 1 aromatic heterocycles. The fourth-order valence-corrected chi connectivity index (χ4v) is 4.77. The Morgan fingerprint density at radius 2 is 2.10 bits per heavy atom. The highest BCUT2D eigenvalue weighted by Gasteiger charge is 2.31. The van der Waals surface area contributed by atoms with E-state index < -0.39 is 6.09 Å². The molecule has 0 radical (unpaired) electrons. The average molecular weight is 463 g/mol. The molecule has 0 spiro atoms. The van der Waals surface area contributed by atoms with Gasteiger partial charge < -0.3 is 26.0 Å². The van der Waals surface area contributed by atoms with Crippen LogP contribution in [0.3, 0.4) is 0 Å². The molecule has 8 nitrogen and oxygen atoms in total. The van der Waals surface area contributed by atoms with Gasteiger partial charge in [0.2, 0.25) is 0 Å². The highest BCUT2D eigenvalue weighted by atomic mass is 35.5. The van der Waals surface area contributed by atoms with Gasteiger partial charge >= 0.3 is 6.09 Å². The zero-order valence-corrected chi connectivity index (χ0v) is 19.0. The second-order valence-electron chi connectivity index (χ2n) is 8.39. The van der Waals surface area contributed by atoms with Gasteiger partial charge in [-0.15, -0.1) is 0 Å². The van der Waals surface area contributed by atoms with Crippen molar-refractivity contribution < 1.29 is 9.90 Å². The minimum atomic E-state index is -0.968. The fraction of sp³-hybridized carbons (Fsp3) is 0.476. The van der Waals surface area contributed by atoms with Crippen molar-refractivity contribution in [3.8, 4) is 0 Å². The number of amides is 1. The smallest absolute Gasteiger partial charge is 0.404 e. The molecule has 2 aliphatic heterocycles. The molecule has 4 rings (SSSR count). The molecule has 1 amide bonds. The van der Waals surface area contributed by atoms with Gasteiger partial charge in [0.25, 0.3) is 0 Å². The number of nitrogens with one attached hydrogen (secondary N) is 3. The molecule has 4 N–H and O–H groups in total. The highest BCUT2D eigenvalue weighted by Crippen LogP contribution is 2.37. The lowest BCUT2D eigenvalue weighted by molar-refractivity contribution is 0.178. The molecule has 2 saturated heterocycles. The lowest BCUT2D eigenvalue weighted by Crippen LogP contribution is -2.51. The van der Waals surface area contributed by atoms with Gasteiger partial charge in [0.05, 0.1) is 29.1 Å². The van der Waals surface area contributed by atoms with Crippen LogP contribution in [0.1, 0.15) is 19.8 Å². The Bertz CT molecular complexity index is 917. The number of carbonyl (C=O) groups is 1. The van der Waals surface area contributed by atoms with Gasteiger partial charge in [-0.05, 0) is 30.4 Å². The van der Waals surface area contributed by atoms with E-state index in [4.69, 9.17) is 16.7 Å². The van der Waals surface area contributed by atoms with E-state index in [1.165, 1.54) is 11.8 Å². The molecular formula is C21H27ClN6O2S. The summed E-state index contributed by atoms with van der Waals surface area (Å²) in [7, 11) is 0. The summed E-state index contributed by atoms with van der Waals surface area (Å²) in [4.78, 5) is 23.1. The summed E-state index contributed by atoms with van der Waals surface area (Å²) >= 11 is 8.11. The number of anilines is 2. The maximum absolute atomic E-state index is 10.8. The van der Waals surface area contributed by atoms with Crippen LogP contribution in [0, 0.1) is 5.41 Å². The van der Waals surface area contributed by atoms with E-state index in [1.807, 2.05) is 18.2 Å². The van der Waals surface area contributed by atoms with E-state index in [9.17, 15) is 4.79 Å². The summed E-state index contributed by atoms with van der Waals surface area (Å²) in [6.45, 7) is 6.16. The van der Waals surface area contributed by atoms with Crippen molar-refractivity contribution in [1.29, 1.82) is 0 Å². The van der Waals surface area contributed by atoms with Crippen molar-refractivity contribution in [3.63, 3.8) is 0 Å². The van der Waals surface area contributed by atoms with Crippen LogP contribution in [0.5, 0.6) is 0 Å². The van der Waals surface area contributed by atoms with E-state index in [1.54, 1.807) is 12.4 Å². The minimum Gasteiger partial charge on any atom is -0.465 e. The first-order valence-corrected chi connectivity index (χ1v) is 11.6. The maximum atomic E-state index is 10.8. The molecule has 0 atom stereocenters. The van der Waals surface area contributed by atoms with Crippen LogP contribution in [0.15, 0.2) is 40.5 Å². The maximum Gasteiger partial charge on any atom is 0.404 e. The lowest BCUT2D eigenvalue weighted by atomic mass is 9.80. The van der Waals surface area contributed by atoms with E-state index in [0.29, 0.717) is 17.6 Å². The van der Waals surface area contributed by atoms with Crippen molar-refractivity contribution in [2.45, 2.75) is 35.7 Å². The monoisotopic (exact) mass is 462 g/mol. The number of hydrogen-bond acceptors (Lipinski definition) is 7. The first-order chi connectivity index (χ1) is 14.9. The Kier molecular flexibility index (Phi) is 6.74. The summed E-state index contributed by atoms with van der Waals surface area (Å²) in [5.41, 5.74) is 0.917. The van der Waals surface area contributed by atoms with Crippen molar-refractivity contribution in [1.82, 2.24) is 20.6 Å². The van der Waals surface area contributed by atoms with Gasteiger partial charge in [-0.2, -0.15) is 0 Å². The van der Waals surface area contributed by atoms with Gasteiger partial charge in [0, 0.05) is 37.6 Å². The van der Waals surface area contributed by atoms with Crippen LogP contribution in [-0.2, 0) is 0 Å². The molecule has 2 fully saturated rings. The third-order valence-corrected chi connectivity index (χ3v) is 7.39. The summed E-state index contributed by atoms with van der Waals surface area (Å²) in [6, 6.07) is 6.40. The molecule has 3 heterocycles. The molecule has 2 aromatic rings. The molecule has 1 aromatic carbocycles. The predicted molar refractivity (Wildman–Crippen MR) is 123 cm³/mol. The number of benzene rings is 1.